The summed E-state index contributed by atoms with van der Waals surface area (Å²) in [7, 11) is 3.07. The minimum atomic E-state index is -4.72. The van der Waals surface area contributed by atoms with Gasteiger partial charge in [0.1, 0.15) is 36.8 Å². The van der Waals surface area contributed by atoms with E-state index in [9.17, 15) is 45.5 Å². The second-order valence-corrected chi connectivity index (χ2v) is 14.2. The Hall–Kier alpha value is -6.42. The van der Waals surface area contributed by atoms with E-state index in [0.29, 0.717) is 22.9 Å². The van der Waals surface area contributed by atoms with Gasteiger partial charge >= 0.3 is 12.4 Å². The van der Waals surface area contributed by atoms with Crippen molar-refractivity contribution in [3.8, 4) is 11.5 Å². The topological polar surface area (TPSA) is 187 Å². The largest absolute Gasteiger partial charge is 0.489 e. The van der Waals surface area contributed by atoms with Gasteiger partial charge in [-0.05, 0) is 38.1 Å². The van der Waals surface area contributed by atoms with Gasteiger partial charge in [0.15, 0.2) is 0 Å². The van der Waals surface area contributed by atoms with Crippen molar-refractivity contribution in [2.24, 2.45) is 0 Å². The maximum atomic E-state index is 13.4. The Labute approximate surface area is 336 Å². The van der Waals surface area contributed by atoms with Gasteiger partial charge in [0, 0.05) is 37.6 Å². The Kier molecular flexibility index (Phi) is 10.6. The van der Waals surface area contributed by atoms with Gasteiger partial charge in [-0.25, -0.2) is 19.9 Å². The Morgan fingerprint density at radius 1 is 0.667 bits per heavy atom. The molecule has 0 saturated carbocycles. The van der Waals surface area contributed by atoms with Crippen LogP contribution in [0.25, 0.3) is 0 Å². The molecule has 4 aromatic rings. The first-order chi connectivity index (χ1) is 28.2. The molecule has 60 heavy (non-hydrogen) atoms. The van der Waals surface area contributed by atoms with Crippen LogP contribution in [0.5, 0.6) is 11.5 Å². The van der Waals surface area contributed by atoms with Gasteiger partial charge in [0.2, 0.25) is 22.9 Å². The molecule has 0 fully saturated rings. The summed E-state index contributed by atoms with van der Waals surface area (Å²) >= 11 is 0. The first kappa shape index (κ1) is 41.7. The van der Waals surface area contributed by atoms with E-state index < -0.39 is 82.3 Å². The van der Waals surface area contributed by atoms with E-state index in [0.717, 1.165) is 26.2 Å². The fourth-order valence-corrected chi connectivity index (χ4v) is 6.64. The van der Waals surface area contributed by atoms with Crippen molar-refractivity contribution < 1.29 is 64.5 Å². The number of rotatable bonds is 4. The monoisotopic (exact) mass is 844 g/mol. The number of benzene rings is 2. The molecule has 4 aliphatic rings. The molecule has 0 radical (unpaired) electrons. The third kappa shape index (κ3) is 7.40. The number of alkyl halides is 6. The average molecular weight is 845 g/mol. The van der Waals surface area contributed by atoms with Crippen LogP contribution in [0.3, 0.4) is 0 Å². The zero-order valence-corrected chi connectivity index (χ0v) is 32.0. The van der Waals surface area contributed by atoms with Crippen molar-refractivity contribution in [3.05, 3.63) is 95.1 Å². The molecule has 2 N–H and O–H groups in total. The minimum Gasteiger partial charge on any atom is -0.489 e. The number of halogens is 6. The molecule has 0 spiro atoms. The lowest BCUT2D eigenvalue weighted by molar-refractivity contribution is -0.274. The highest BCUT2D eigenvalue weighted by Gasteiger charge is 2.60. The van der Waals surface area contributed by atoms with Crippen molar-refractivity contribution in [2.45, 2.75) is 62.7 Å². The summed E-state index contributed by atoms with van der Waals surface area (Å²) in [5.41, 5.74) is -4.73. The molecule has 6 heterocycles. The second-order valence-electron chi connectivity index (χ2n) is 14.2. The molecule has 0 bridgehead atoms. The van der Waals surface area contributed by atoms with E-state index in [2.05, 4.69) is 30.6 Å². The standard InChI is InChI=1S/2C19H17F3N4O4/c2*1-18(19(20,21)22)14-10(8-30-18)7-23-15(25-14)16(27)24-11-9-29-13-6-4-3-5-12(13)26(2)17(11)28/h2*3-7,11H,8-9H2,1-2H3,(H,24,27)/t11-,18+;11-,18-/m00/s1. The maximum absolute atomic E-state index is 13.4. The molecule has 2 aromatic carbocycles. The quantitative estimate of drug-likeness (QED) is 0.283. The van der Waals surface area contributed by atoms with Gasteiger partial charge in [0.05, 0.1) is 36.0 Å². The van der Waals surface area contributed by atoms with Crippen LogP contribution in [0.15, 0.2) is 60.9 Å². The smallest absolute Gasteiger partial charge is 0.422 e. The molecule has 2 aromatic heterocycles. The van der Waals surface area contributed by atoms with Gasteiger partial charge < -0.3 is 39.4 Å². The number of ether oxygens (including phenoxy) is 4. The van der Waals surface area contributed by atoms with Crippen LogP contribution in [0.2, 0.25) is 0 Å². The number of anilines is 2. The van der Waals surface area contributed by atoms with Gasteiger partial charge in [-0.1, -0.05) is 24.3 Å². The van der Waals surface area contributed by atoms with Crippen molar-refractivity contribution in [2.75, 3.05) is 37.1 Å². The van der Waals surface area contributed by atoms with Crippen LogP contribution in [0, 0.1) is 0 Å². The number of nitrogens with one attached hydrogen (secondary N) is 2. The molecule has 4 aliphatic heterocycles. The van der Waals surface area contributed by atoms with E-state index in [1.807, 2.05) is 0 Å². The number of para-hydroxylation sites is 4. The van der Waals surface area contributed by atoms with Gasteiger partial charge in [-0.15, -0.1) is 0 Å². The van der Waals surface area contributed by atoms with Crippen molar-refractivity contribution in [1.82, 2.24) is 30.6 Å². The fraction of sp³-hybridized carbons (Fsp3) is 0.368. The number of carbonyl (C=O) groups excluding carboxylic acids is 4. The van der Waals surface area contributed by atoms with Gasteiger partial charge in [0.25, 0.3) is 23.6 Å². The van der Waals surface area contributed by atoms with E-state index in [1.54, 1.807) is 48.5 Å². The maximum Gasteiger partial charge on any atom is 0.422 e. The van der Waals surface area contributed by atoms with E-state index in [4.69, 9.17) is 18.9 Å². The van der Waals surface area contributed by atoms with Crippen molar-refractivity contribution >= 4 is 35.0 Å². The summed E-state index contributed by atoms with van der Waals surface area (Å²) in [6.45, 7) is 0.766. The molecule has 0 unspecified atom stereocenters. The average Bonchev–Trinajstić information content (AvgIpc) is 3.69. The third-order valence-corrected chi connectivity index (χ3v) is 10.3. The number of likely N-dealkylation sites (N-methyl/N-ethyl adjacent to an activating group) is 2. The molecule has 4 atom stereocenters. The number of aromatic nitrogens is 4. The van der Waals surface area contributed by atoms with Crippen LogP contribution in [-0.2, 0) is 43.5 Å². The first-order valence-corrected chi connectivity index (χ1v) is 18.0. The fourth-order valence-electron chi connectivity index (χ4n) is 6.64. The molecular weight excluding hydrogens is 810 g/mol. The second kappa shape index (κ2) is 15.3. The summed E-state index contributed by atoms with van der Waals surface area (Å²) in [6.07, 6.45) is -7.19. The number of hydrogen-bond donors (Lipinski definition) is 2. The Morgan fingerprint density at radius 3 is 1.40 bits per heavy atom. The van der Waals surface area contributed by atoms with Gasteiger partial charge in [-0.2, -0.15) is 26.3 Å². The molecule has 316 valence electrons. The van der Waals surface area contributed by atoms with Crippen LogP contribution in [0.1, 0.15) is 57.6 Å². The third-order valence-electron chi connectivity index (χ3n) is 10.3. The van der Waals surface area contributed by atoms with Crippen LogP contribution < -0.4 is 29.9 Å². The summed E-state index contributed by atoms with van der Waals surface area (Å²) in [6, 6.07) is 11.6. The molecular formula is C38H34F6N8O8. The highest BCUT2D eigenvalue weighted by Crippen LogP contribution is 2.48. The summed E-state index contributed by atoms with van der Waals surface area (Å²) in [5, 5.41) is 4.89. The van der Waals surface area contributed by atoms with E-state index in [1.165, 1.54) is 23.9 Å². The lowest BCUT2D eigenvalue weighted by Gasteiger charge is -2.26. The molecule has 22 heteroatoms. The zero-order chi connectivity index (χ0) is 43.4. The SMILES string of the molecule is CN1C(=O)[C@@H](NC(=O)c2ncc3c(n2)[C@@](C)(C(F)(F)F)OC3)COc2ccccc21.CN1C(=O)[C@@H](NC(=O)c2ncc3c(n2)[C@](C)(C(F)(F)F)OC3)COc2ccccc21. The predicted octanol–water partition coefficient (Wildman–Crippen LogP) is 3.88. The number of amides is 4. The highest BCUT2D eigenvalue weighted by atomic mass is 19.4. The van der Waals surface area contributed by atoms with Crippen LogP contribution in [-0.4, -0.2) is 95.3 Å². The molecule has 16 nitrogen and oxygen atoms in total. The minimum absolute atomic E-state index is 0.149. The predicted molar refractivity (Wildman–Crippen MR) is 194 cm³/mol. The van der Waals surface area contributed by atoms with Gasteiger partial charge in [-0.3, -0.25) is 19.2 Å². The summed E-state index contributed by atoms with van der Waals surface area (Å²) in [4.78, 5) is 68.7. The summed E-state index contributed by atoms with van der Waals surface area (Å²) < 4.78 is 102. The Bertz CT molecular complexity index is 2220. The first-order valence-electron chi connectivity index (χ1n) is 18.0. The molecule has 4 amide bonds. The number of nitrogens with zero attached hydrogens (tertiary/aromatic N) is 6. The van der Waals surface area contributed by atoms with E-state index in [-0.39, 0.29) is 37.6 Å². The Balaban J connectivity index is 0.000000181. The number of carbonyl (C=O) groups is 4. The lowest BCUT2D eigenvalue weighted by atomic mass is 10.0. The summed E-state index contributed by atoms with van der Waals surface area (Å²) in [5.74, 6) is -2.73. The highest BCUT2D eigenvalue weighted by molar-refractivity contribution is 6.03. The normalized spacial score (nSPS) is 23.3. The Morgan fingerprint density at radius 2 is 1.03 bits per heavy atom. The van der Waals surface area contributed by atoms with E-state index >= 15 is 0 Å². The number of hydrogen-bond acceptors (Lipinski definition) is 12. The molecule has 0 saturated heterocycles. The number of fused-ring (bicyclic) bond motifs is 4. The van der Waals surface area contributed by atoms with Crippen molar-refractivity contribution in [1.29, 1.82) is 0 Å². The van der Waals surface area contributed by atoms with Crippen LogP contribution >= 0.6 is 0 Å². The molecule has 0 aliphatic carbocycles. The zero-order valence-electron chi connectivity index (χ0n) is 32.0. The van der Waals surface area contributed by atoms with Crippen molar-refractivity contribution in [3.63, 3.8) is 0 Å². The van der Waals surface area contributed by atoms with Crippen LogP contribution in [0.4, 0.5) is 37.7 Å². The lowest BCUT2D eigenvalue weighted by Crippen LogP contribution is -2.49. The molecule has 8 rings (SSSR count).